The number of aryl methyl sites for hydroxylation is 1. The second-order valence-electron chi connectivity index (χ2n) is 3.87. The average molecular weight is 222 g/mol. The summed E-state index contributed by atoms with van der Waals surface area (Å²) in [5.74, 6) is 0.473. The molecule has 4 nitrogen and oxygen atoms in total. The molecule has 0 aromatic heterocycles. The van der Waals surface area contributed by atoms with E-state index in [0.29, 0.717) is 6.61 Å². The molecule has 0 spiro atoms. The molecule has 0 aliphatic heterocycles. The van der Waals surface area contributed by atoms with Gasteiger partial charge in [-0.2, -0.15) is 0 Å². The van der Waals surface area contributed by atoms with Gasteiger partial charge in [0.1, 0.15) is 12.4 Å². The number of carbonyl (C=O) groups is 1. The molecule has 0 heterocycles. The molecule has 0 radical (unpaired) electrons. The van der Waals surface area contributed by atoms with Gasteiger partial charge in [-0.15, -0.1) is 0 Å². The molecule has 0 aliphatic rings. The fourth-order valence-corrected chi connectivity index (χ4v) is 1.19. The molecule has 1 aromatic rings. The zero-order valence-electron chi connectivity index (χ0n) is 9.69. The number of nitrogens with one attached hydrogen (secondary N) is 1. The zero-order valence-corrected chi connectivity index (χ0v) is 9.69. The fraction of sp³-hybridized carbons (Fsp3) is 0.417. The number of rotatable bonds is 6. The Balaban J connectivity index is 2.28. The van der Waals surface area contributed by atoms with Gasteiger partial charge >= 0.3 is 0 Å². The van der Waals surface area contributed by atoms with Crippen molar-refractivity contribution >= 4 is 5.91 Å². The van der Waals surface area contributed by atoms with Gasteiger partial charge in [0.2, 0.25) is 5.91 Å². The predicted molar refractivity (Wildman–Crippen MR) is 63.3 cm³/mol. The maximum atomic E-state index is 10.5. The Kier molecular flexibility index (Phi) is 4.79. The first-order chi connectivity index (χ1) is 7.58. The van der Waals surface area contributed by atoms with E-state index in [-0.39, 0.29) is 18.5 Å². The van der Waals surface area contributed by atoms with Gasteiger partial charge in [-0.3, -0.25) is 4.79 Å². The minimum Gasteiger partial charge on any atom is -0.492 e. The number of hydrogen-bond donors (Lipinski definition) is 2. The quantitative estimate of drug-likeness (QED) is 0.749. The Morgan fingerprint density at radius 3 is 2.62 bits per heavy atom. The molecule has 16 heavy (non-hydrogen) atoms. The van der Waals surface area contributed by atoms with E-state index in [4.69, 9.17) is 10.5 Å². The molecule has 1 rings (SSSR count). The molecule has 0 saturated carbocycles. The predicted octanol–water partition coefficient (Wildman–Crippen LogP) is 0.837. The first-order valence-corrected chi connectivity index (χ1v) is 5.29. The molecule has 1 aromatic carbocycles. The van der Waals surface area contributed by atoms with E-state index in [1.54, 1.807) is 0 Å². The third kappa shape index (κ3) is 4.79. The van der Waals surface area contributed by atoms with Crippen LogP contribution in [0.5, 0.6) is 5.75 Å². The van der Waals surface area contributed by atoms with E-state index in [1.165, 1.54) is 5.56 Å². The molecule has 88 valence electrons. The topological polar surface area (TPSA) is 64.3 Å². The number of carbonyl (C=O) groups excluding carboxylic acids is 1. The van der Waals surface area contributed by atoms with Crippen molar-refractivity contribution in [1.82, 2.24) is 5.32 Å². The van der Waals surface area contributed by atoms with Crippen LogP contribution in [-0.2, 0) is 4.79 Å². The number of ether oxygens (including phenoxy) is 1. The SMILES string of the molecule is Cc1ccc(OCC(C)NCC(N)=O)cc1. The second-order valence-corrected chi connectivity index (χ2v) is 3.87. The zero-order chi connectivity index (χ0) is 12.0. The molecule has 1 amide bonds. The monoisotopic (exact) mass is 222 g/mol. The van der Waals surface area contributed by atoms with Crippen molar-refractivity contribution < 1.29 is 9.53 Å². The Bertz CT molecular complexity index is 335. The molecule has 4 heteroatoms. The van der Waals surface area contributed by atoms with Gasteiger partial charge in [0.15, 0.2) is 0 Å². The van der Waals surface area contributed by atoms with E-state index in [2.05, 4.69) is 5.32 Å². The smallest absolute Gasteiger partial charge is 0.231 e. The first kappa shape index (κ1) is 12.5. The molecule has 0 fully saturated rings. The molecule has 0 saturated heterocycles. The summed E-state index contributed by atoms with van der Waals surface area (Å²) in [6, 6.07) is 7.94. The molecule has 0 bridgehead atoms. The second kappa shape index (κ2) is 6.12. The lowest BCUT2D eigenvalue weighted by Gasteiger charge is -2.13. The summed E-state index contributed by atoms with van der Waals surface area (Å²) in [6.45, 7) is 4.66. The molecular formula is C12H18N2O2. The van der Waals surface area contributed by atoms with Crippen molar-refractivity contribution in [1.29, 1.82) is 0 Å². The summed E-state index contributed by atoms with van der Waals surface area (Å²) in [5.41, 5.74) is 6.22. The van der Waals surface area contributed by atoms with E-state index in [9.17, 15) is 4.79 Å². The van der Waals surface area contributed by atoms with Crippen LogP contribution in [0.25, 0.3) is 0 Å². The first-order valence-electron chi connectivity index (χ1n) is 5.29. The maximum Gasteiger partial charge on any atom is 0.231 e. The van der Waals surface area contributed by atoms with Crippen LogP contribution in [0.3, 0.4) is 0 Å². The number of nitrogens with two attached hydrogens (primary N) is 1. The summed E-state index contributed by atoms with van der Waals surface area (Å²) in [5, 5.41) is 2.96. The van der Waals surface area contributed by atoms with Gasteiger partial charge in [0, 0.05) is 6.04 Å². The van der Waals surface area contributed by atoms with Crippen molar-refractivity contribution in [2.45, 2.75) is 19.9 Å². The third-order valence-corrected chi connectivity index (χ3v) is 2.15. The minimum atomic E-state index is -0.359. The van der Waals surface area contributed by atoms with Crippen LogP contribution < -0.4 is 15.8 Å². The van der Waals surface area contributed by atoms with E-state index in [1.807, 2.05) is 38.1 Å². The van der Waals surface area contributed by atoms with Crippen LogP contribution in [-0.4, -0.2) is 25.1 Å². The van der Waals surface area contributed by atoms with Gasteiger partial charge in [-0.25, -0.2) is 0 Å². The molecular weight excluding hydrogens is 204 g/mol. The normalized spacial score (nSPS) is 12.1. The summed E-state index contributed by atoms with van der Waals surface area (Å²) in [6.07, 6.45) is 0. The average Bonchev–Trinajstić information content (AvgIpc) is 2.25. The number of primary amides is 1. The molecule has 3 N–H and O–H groups in total. The van der Waals surface area contributed by atoms with Crippen LogP contribution in [0.2, 0.25) is 0 Å². The van der Waals surface area contributed by atoms with Gasteiger partial charge in [-0.1, -0.05) is 17.7 Å². The standard InChI is InChI=1S/C12H18N2O2/c1-9-3-5-11(6-4-9)16-8-10(2)14-7-12(13)15/h3-6,10,14H,7-8H2,1-2H3,(H2,13,15). The third-order valence-electron chi connectivity index (χ3n) is 2.15. The molecule has 1 atom stereocenters. The highest BCUT2D eigenvalue weighted by Crippen LogP contribution is 2.11. The highest BCUT2D eigenvalue weighted by Gasteiger charge is 2.03. The van der Waals surface area contributed by atoms with Gasteiger partial charge in [0.25, 0.3) is 0 Å². The van der Waals surface area contributed by atoms with Crippen LogP contribution in [0.15, 0.2) is 24.3 Å². The van der Waals surface area contributed by atoms with Crippen LogP contribution >= 0.6 is 0 Å². The molecule has 0 aliphatic carbocycles. The fourth-order valence-electron chi connectivity index (χ4n) is 1.19. The summed E-state index contributed by atoms with van der Waals surface area (Å²) >= 11 is 0. The van der Waals surface area contributed by atoms with Crippen molar-refractivity contribution in [2.24, 2.45) is 5.73 Å². The van der Waals surface area contributed by atoms with Gasteiger partial charge < -0.3 is 15.8 Å². The number of hydrogen-bond acceptors (Lipinski definition) is 3. The van der Waals surface area contributed by atoms with Crippen molar-refractivity contribution in [3.63, 3.8) is 0 Å². The van der Waals surface area contributed by atoms with Crippen molar-refractivity contribution in [2.75, 3.05) is 13.2 Å². The lowest BCUT2D eigenvalue weighted by Crippen LogP contribution is -2.38. The minimum absolute atomic E-state index is 0.0915. The van der Waals surface area contributed by atoms with Crippen molar-refractivity contribution in [3.8, 4) is 5.75 Å². The van der Waals surface area contributed by atoms with Crippen molar-refractivity contribution in [3.05, 3.63) is 29.8 Å². The highest BCUT2D eigenvalue weighted by molar-refractivity contribution is 5.75. The van der Waals surface area contributed by atoms with Gasteiger partial charge in [-0.05, 0) is 26.0 Å². The van der Waals surface area contributed by atoms with Gasteiger partial charge in [0.05, 0.1) is 6.54 Å². The largest absolute Gasteiger partial charge is 0.492 e. The Hall–Kier alpha value is -1.55. The number of benzene rings is 1. The summed E-state index contributed by atoms with van der Waals surface area (Å²) < 4.78 is 5.54. The lowest BCUT2D eigenvalue weighted by atomic mass is 10.2. The lowest BCUT2D eigenvalue weighted by molar-refractivity contribution is -0.117. The van der Waals surface area contributed by atoms with Crippen LogP contribution in [0.1, 0.15) is 12.5 Å². The van der Waals surface area contributed by atoms with Crippen LogP contribution in [0.4, 0.5) is 0 Å². The van der Waals surface area contributed by atoms with E-state index < -0.39 is 0 Å². The summed E-state index contributed by atoms with van der Waals surface area (Å²) in [4.78, 5) is 10.5. The van der Waals surface area contributed by atoms with Crippen LogP contribution in [0, 0.1) is 6.92 Å². The maximum absolute atomic E-state index is 10.5. The summed E-state index contributed by atoms with van der Waals surface area (Å²) in [7, 11) is 0. The van der Waals surface area contributed by atoms with E-state index >= 15 is 0 Å². The Morgan fingerprint density at radius 2 is 2.06 bits per heavy atom. The Morgan fingerprint density at radius 1 is 1.44 bits per heavy atom. The Labute approximate surface area is 95.8 Å². The number of amides is 1. The molecule has 1 unspecified atom stereocenters. The highest BCUT2D eigenvalue weighted by atomic mass is 16.5. The van der Waals surface area contributed by atoms with E-state index in [0.717, 1.165) is 5.75 Å².